The van der Waals surface area contributed by atoms with Crippen LogP contribution in [0.2, 0.25) is 0 Å². The highest BCUT2D eigenvalue weighted by Crippen LogP contribution is 2.44. The van der Waals surface area contributed by atoms with Gasteiger partial charge in [-0.2, -0.15) is 13.2 Å². The molecule has 0 aliphatic carbocycles. The van der Waals surface area contributed by atoms with Gasteiger partial charge in [0.25, 0.3) is 0 Å². The van der Waals surface area contributed by atoms with E-state index < -0.39 is 17.8 Å². The Hall–Kier alpha value is -2.68. The molecule has 1 aromatic carbocycles. The molecule has 124 valence electrons. The second-order valence-corrected chi connectivity index (χ2v) is 5.75. The van der Waals surface area contributed by atoms with E-state index >= 15 is 0 Å². The lowest BCUT2D eigenvalue weighted by Gasteiger charge is -2.12. The highest BCUT2D eigenvalue weighted by atomic mass is 32.2. The summed E-state index contributed by atoms with van der Waals surface area (Å²) < 4.78 is 44.3. The molecule has 0 aliphatic rings. The molecule has 0 saturated heterocycles. The third-order valence-corrected chi connectivity index (χ3v) is 4.24. The number of hydrogen-bond donors (Lipinski definition) is 2. The van der Waals surface area contributed by atoms with Crippen LogP contribution in [0.4, 0.5) is 18.0 Å². The zero-order valence-corrected chi connectivity index (χ0v) is 12.7. The highest BCUT2D eigenvalue weighted by molar-refractivity contribution is 7.99. The molecule has 0 aliphatic heterocycles. The van der Waals surface area contributed by atoms with E-state index in [1.54, 1.807) is 12.1 Å². The Labute approximate surface area is 138 Å². The van der Waals surface area contributed by atoms with E-state index in [0.717, 1.165) is 17.8 Å². The van der Waals surface area contributed by atoms with Gasteiger partial charge < -0.3 is 15.5 Å². The summed E-state index contributed by atoms with van der Waals surface area (Å²) in [6, 6.07) is 8.43. The van der Waals surface area contributed by atoms with Crippen molar-refractivity contribution in [1.82, 2.24) is 9.97 Å². The zero-order chi connectivity index (χ0) is 17.3. The first-order chi connectivity index (χ1) is 11.4. The largest absolute Gasteiger partial charge is 0.417 e. The maximum Gasteiger partial charge on any atom is 0.417 e. The van der Waals surface area contributed by atoms with Crippen molar-refractivity contribution >= 4 is 28.9 Å². The van der Waals surface area contributed by atoms with Crippen molar-refractivity contribution in [2.24, 2.45) is 5.73 Å². The summed E-state index contributed by atoms with van der Waals surface area (Å²) in [5.74, 6) is -0.0434. The van der Waals surface area contributed by atoms with Crippen LogP contribution in [0, 0.1) is 0 Å². The number of amides is 1. The van der Waals surface area contributed by atoms with Crippen LogP contribution in [0.25, 0.3) is 11.0 Å². The average Bonchev–Trinajstić information content (AvgIpc) is 2.84. The van der Waals surface area contributed by atoms with Crippen molar-refractivity contribution in [2.75, 3.05) is 0 Å². The summed E-state index contributed by atoms with van der Waals surface area (Å²) in [7, 11) is 0. The van der Waals surface area contributed by atoms with E-state index in [4.69, 9.17) is 10.5 Å². The Morgan fingerprint density at radius 1 is 1.21 bits per heavy atom. The second-order valence-electron chi connectivity index (χ2n) is 4.70. The predicted molar refractivity (Wildman–Crippen MR) is 81.9 cm³/mol. The van der Waals surface area contributed by atoms with Gasteiger partial charge >= 0.3 is 12.3 Å². The predicted octanol–water partition coefficient (Wildman–Crippen LogP) is 4.19. The summed E-state index contributed by atoms with van der Waals surface area (Å²) in [6.45, 7) is 0. The number of alkyl halides is 3. The first kappa shape index (κ1) is 16.2. The number of carbonyl (C=O) groups excluding carboxylic acids is 1. The van der Waals surface area contributed by atoms with E-state index in [9.17, 15) is 18.0 Å². The van der Waals surface area contributed by atoms with Gasteiger partial charge in [0, 0.05) is 11.1 Å². The number of pyridine rings is 1. The molecule has 3 rings (SSSR count). The fraction of sp³-hybridized carbons (Fsp3) is 0.0667. The molecule has 1 amide bonds. The summed E-state index contributed by atoms with van der Waals surface area (Å²) in [4.78, 5) is 18.2. The normalized spacial score (nSPS) is 11.6. The Kier molecular flexibility index (Phi) is 4.10. The van der Waals surface area contributed by atoms with Gasteiger partial charge in [-0.05, 0) is 24.3 Å². The molecule has 0 unspecified atom stereocenters. The van der Waals surface area contributed by atoms with E-state index in [1.807, 2.05) is 0 Å². The number of aromatic amines is 1. The quantitative estimate of drug-likeness (QED) is 0.740. The third kappa shape index (κ3) is 3.16. The molecule has 0 saturated carbocycles. The van der Waals surface area contributed by atoms with Gasteiger partial charge in [0.05, 0.1) is 11.1 Å². The minimum Gasteiger partial charge on any atom is -0.392 e. The summed E-state index contributed by atoms with van der Waals surface area (Å²) in [5.41, 5.74) is 5.13. The zero-order valence-electron chi connectivity index (χ0n) is 11.9. The average molecular weight is 353 g/mol. The van der Waals surface area contributed by atoms with Crippen molar-refractivity contribution in [3.8, 4) is 5.88 Å². The number of primary amides is 1. The van der Waals surface area contributed by atoms with Gasteiger partial charge in [-0.1, -0.05) is 23.9 Å². The van der Waals surface area contributed by atoms with Crippen LogP contribution in [0.1, 0.15) is 5.56 Å². The smallest absolute Gasteiger partial charge is 0.392 e. The fourth-order valence-electron chi connectivity index (χ4n) is 2.14. The molecule has 0 bridgehead atoms. The molecule has 2 aromatic heterocycles. The number of benzene rings is 1. The molecular weight excluding hydrogens is 343 g/mol. The number of nitrogens with one attached hydrogen (secondary N) is 1. The molecule has 9 heteroatoms. The molecule has 0 radical (unpaired) electrons. The Morgan fingerprint density at radius 2 is 1.96 bits per heavy atom. The molecular formula is C15H10F3N3O2S. The van der Waals surface area contributed by atoms with Crippen LogP contribution in [-0.4, -0.2) is 16.1 Å². The number of nitrogens with two attached hydrogens (primary N) is 1. The molecule has 24 heavy (non-hydrogen) atoms. The number of carbonyl (C=O) groups is 1. The first-order valence-corrected chi connectivity index (χ1v) is 7.46. The summed E-state index contributed by atoms with van der Waals surface area (Å²) in [6.07, 6.45) is -4.09. The molecule has 5 nitrogen and oxygen atoms in total. The summed E-state index contributed by atoms with van der Waals surface area (Å²) >= 11 is 0.799. The molecule has 3 aromatic rings. The summed E-state index contributed by atoms with van der Waals surface area (Å²) in [5, 5.41) is 0. The van der Waals surface area contributed by atoms with Crippen LogP contribution in [-0.2, 0) is 6.18 Å². The van der Waals surface area contributed by atoms with E-state index in [-0.39, 0.29) is 15.7 Å². The van der Waals surface area contributed by atoms with Crippen molar-refractivity contribution < 1.29 is 22.7 Å². The Morgan fingerprint density at radius 3 is 2.67 bits per heavy atom. The van der Waals surface area contributed by atoms with Crippen LogP contribution in [0.5, 0.6) is 5.88 Å². The molecule has 2 heterocycles. The Balaban J connectivity index is 2.12. The minimum absolute atomic E-state index is 0.0362. The maximum absolute atomic E-state index is 13.2. The number of nitrogens with zero attached hydrogens (tertiary/aromatic N) is 1. The number of rotatable bonds is 3. The van der Waals surface area contributed by atoms with E-state index in [2.05, 4.69) is 9.97 Å². The molecule has 0 fully saturated rings. The molecule has 0 atom stereocenters. The third-order valence-electron chi connectivity index (χ3n) is 3.08. The van der Waals surface area contributed by atoms with Crippen molar-refractivity contribution in [3.63, 3.8) is 0 Å². The van der Waals surface area contributed by atoms with Crippen molar-refractivity contribution in [3.05, 3.63) is 48.2 Å². The van der Waals surface area contributed by atoms with E-state index in [0.29, 0.717) is 11.0 Å². The van der Waals surface area contributed by atoms with Crippen LogP contribution in [0.3, 0.4) is 0 Å². The number of halogens is 3. The van der Waals surface area contributed by atoms with Gasteiger partial charge in [0.15, 0.2) is 0 Å². The minimum atomic E-state index is -4.51. The van der Waals surface area contributed by atoms with Gasteiger partial charge in [0.2, 0.25) is 5.88 Å². The molecule has 3 N–H and O–H groups in total. The number of hydrogen-bond acceptors (Lipinski definition) is 4. The number of ether oxygens (including phenoxy) is 1. The van der Waals surface area contributed by atoms with Gasteiger partial charge in [-0.25, -0.2) is 4.79 Å². The Bertz CT molecular complexity index is 908. The second kappa shape index (κ2) is 6.08. The lowest BCUT2D eigenvalue weighted by Crippen LogP contribution is -2.16. The van der Waals surface area contributed by atoms with Crippen LogP contribution >= 0.6 is 11.8 Å². The number of H-pyrrole nitrogens is 1. The van der Waals surface area contributed by atoms with Gasteiger partial charge in [0.1, 0.15) is 10.4 Å². The van der Waals surface area contributed by atoms with Crippen molar-refractivity contribution in [2.45, 2.75) is 16.0 Å². The lowest BCUT2D eigenvalue weighted by molar-refractivity contribution is -0.139. The van der Waals surface area contributed by atoms with Crippen LogP contribution < -0.4 is 10.5 Å². The van der Waals surface area contributed by atoms with Gasteiger partial charge in [-0.3, -0.25) is 4.98 Å². The molecule has 0 spiro atoms. The standard InChI is InChI=1S/C15H10F3N3O2S/c16-15(17,18)8-4-1-2-6-10(8)24-12-11-9(5-3-7-20-11)21-13(12)23-14(19)22/h1-7,21H,(H2,19,22). The van der Waals surface area contributed by atoms with Crippen LogP contribution in [0.15, 0.2) is 52.4 Å². The number of aromatic nitrogens is 2. The fourth-order valence-corrected chi connectivity index (χ4v) is 3.25. The lowest BCUT2D eigenvalue weighted by atomic mass is 10.2. The SMILES string of the molecule is NC(=O)Oc1[nH]c2cccnc2c1Sc1ccccc1C(F)(F)F. The number of fused-ring (bicyclic) bond motifs is 1. The monoisotopic (exact) mass is 353 g/mol. The van der Waals surface area contributed by atoms with E-state index in [1.165, 1.54) is 24.4 Å². The van der Waals surface area contributed by atoms with Gasteiger partial charge in [-0.15, -0.1) is 0 Å². The highest BCUT2D eigenvalue weighted by Gasteiger charge is 2.34. The van der Waals surface area contributed by atoms with Crippen molar-refractivity contribution in [1.29, 1.82) is 0 Å². The first-order valence-electron chi connectivity index (χ1n) is 6.64. The maximum atomic E-state index is 13.2. The topological polar surface area (TPSA) is 81.0 Å².